The van der Waals surface area contributed by atoms with E-state index in [0.29, 0.717) is 10.7 Å². The van der Waals surface area contributed by atoms with Crippen LogP contribution in [0, 0.1) is 0 Å². The Morgan fingerprint density at radius 2 is 2.33 bits per heavy atom. The van der Waals surface area contributed by atoms with Gasteiger partial charge in [-0.1, -0.05) is 12.2 Å². The molecule has 2 rings (SSSR count). The average molecular weight is 342 g/mol. The zero-order valence-electron chi connectivity index (χ0n) is 9.76. The third-order valence-corrected chi connectivity index (χ3v) is 4.25. The maximum atomic E-state index is 5.52. The first-order chi connectivity index (χ1) is 8.56. The Morgan fingerprint density at radius 3 is 2.83 bits per heavy atom. The molecular weight excluding hydrogens is 330 g/mol. The van der Waals surface area contributed by atoms with Gasteiger partial charge in [0, 0.05) is 13.6 Å². The van der Waals surface area contributed by atoms with E-state index in [1.165, 1.54) is 5.56 Å². The number of halogens is 1. The summed E-state index contributed by atoms with van der Waals surface area (Å²) in [6, 6.07) is 5.94. The molecule has 94 valence electrons. The van der Waals surface area contributed by atoms with Crippen LogP contribution in [-0.2, 0) is 6.54 Å². The van der Waals surface area contributed by atoms with Crippen molar-refractivity contribution in [1.29, 1.82) is 0 Å². The quantitative estimate of drug-likeness (QED) is 0.867. The Bertz CT molecular complexity index is 551. The van der Waals surface area contributed by atoms with Crippen LogP contribution in [0.5, 0.6) is 0 Å². The van der Waals surface area contributed by atoms with Gasteiger partial charge in [0.2, 0.25) is 0 Å². The van der Waals surface area contributed by atoms with Crippen molar-refractivity contribution in [2.24, 2.45) is 5.73 Å². The Morgan fingerprint density at radius 1 is 1.56 bits per heavy atom. The van der Waals surface area contributed by atoms with Crippen LogP contribution < -0.4 is 10.6 Å². The van der Waals surface area contributed by atoms with Gasteiger partial charge in [-0.2, -0.15) is 0 Å². The van der Waals surface area contributed by atoms with Gasteiger partial charge in [-0.15, -0.1) is 11.3 Å². The smallest absolute Gasteiger partial charge is 0.122 e. The lowest BCUT2D eigenvalue weighted by atomic mass is 10.3. The van der Waals surface area contributed by atoms with E-state index in [-0.39, 0.29) is 0 Å². The van der Waals surface area contributed by atoms with E-state index in [2.05, 4.69) is 37.3 Å². The molecule has 2 aromatic heterocycles. The monoisotopic (exact) mass is 341 g/mol. The molecule has 0 saturated carbocycles. The summed E-state index contributed by atoms with van der Waals surface area (Å²) in [7, 11) is 2.03. The van der Waals surface area contributed by atoms with Gasteiger partial charge >= 0.3 is 0 Å². The Kier molecular flexibility index (Phi) is 4.31. The highest BCUT2D eigenvalue weighted by Crippen LogP contribution is 2.23. The number of pyridine rings is 1. The summed E-state index contributed by atoms with van der Waals surface area (Å²) in [5.41, 5.74) is 8.48. The number of thiocarbonyl (C=S) groups is 1. The lowest BCUT2D eigenvalue weighted by molar-refractivity contribution is 0.921. The van der Waals surface area contributed by atoms with E-state index in [9.17, 15) is 0 Å². The number of hydrogen-bond acceptors (Lipinski definition) is 4. The second kappa shape index (κ2) is 5.77. The van der Waals surface area contributed by atoms with E-state index in [4.69, 9.17) is 18.0 Å². The molecule has 0 atom stereocenters. The largest absolute Gasteiger partial charge is 0.388 e. The summed E-state index contributed by atoms with van der Waals surface area (Å²) in [4.78, 5) is 6.69. The number of nitrogens with zero attached hydrogens (tertiary/aromatic N) is 2. The maximum absolute atomic E-state index is 5.52. The van der Waals surface area contributed by atoms with Gasteiger partial charge in [0.25, 0.3) is 0 Å². The molecule has 0 aliphatic carbocycles. The zero-order valence-corrected chi connectivity index (χ0v) is 13.0. The van der Waals surface area contributed by atoms with E-state index in [1.807, 2.05) is 19.2 Å². The summed E-state index contributed by atoms with van der Waals surface area (Å²) in [6.45, 7) is 0.843. The molecule has 0 bridgehead atoms. The molecule has 2 heterocycles. The highest BCUT2D eigenvalue weighted by Gasteiger charge is 2.05. The van der Waals surface area contributed by atoms with Gasteiger partial charge in [0.05, 0.1) is 21.4 Å². The molecule has 2 aromatic rings. The van der Waals surface area contributed by atoms with Crippen LogP contribution >= 0.6 is 39.5 Å². The first-order valence-corrected chi connectivity index (χ1v) is 7.34. The molecule has 0 aliphatic heterocycles. The van der Waals surface area contributed by atoms with E-state index >= 15 is 0 Å². The van der Waals surface area contributed by atoms with Gasteiger partial charge in [-0.05, 0) is 45.1 Å². The minimum atomic E-state index is 0.325. The van der Waals surface area contributed by atoms with Crippen LogP contribution in [0.3, 0.4) is 0 Å². The first kappa shape index (κ1) is 13.5. The van der Waals surface area contributed by atoms with Crippen LogP contribution in [-0.4, -0.2) is 17.0 Å². The molecule has 0 unspecified atom stereocenters. The van der Waals surface area contributed by atoms with Crippen molar-refractivity contribution in [3.63, 3.8) is 0 Å². The third-order valence-electron chi connectivity index (χ3n) is 2.48. The van der Waals surface area contributed by atoms with E-state index in [1.54, 1.807) is 17.5 Å². The third kappa shape index (κ3) is 3.28. The molecule has 3 nitrogen and oxygen atoms in total. The molecule has 0 fully saturated rings. The minimum absolute atomic E-state index is 0.325. The molecule has 0 saturated heterocycles. The van der Waals surface area contributed by atoms with Gasteiger partial charge < -0.3 is 10.6 Å². The number of anilines is 1. The maximum Gasteiger partial charge on any atom is 0.122 e. The molecule has 0 spiro atoms. The average Bonchev–Trinajstić information content (AvgIpc) is 2.75. The SMILES string of the molecule is CN(Cc1csc(Br)c1)c1ccc(C(N)=S)nc1. The molecule has 6 heteroatoms. The minimum Gasteiger partial charge on any atom is -0.388 e. The van der Waals surface area contributed by atoms with Crippen molar-refractivity contribution < 1.29 is 0 Å². The fraction of sp³-hybridized carbons (Fsp3) is 0.167. The predicted molar refractivity (Wildman–Crippen MR) is 84.3 cm³/mol. The normalized spacial score (nSPS) is 10.3. The molecule has 0 aromatic carbocycles. The summed E-state index contributed by atoms with van der Waals surface area (Å²) in [5, 5.41) is 2.14. The number of nitrogens with two attached hydrogens (primary N) is 1. The Labute approximate surface area is 124 Å². The Hall–Kier alpha value is -0.980. The van der Waals surface area contributed by atoms with Gasteiger partial charge in [-0.3, -0.25) is 4.98 Å². The van der Waals surface area contributed by atoms with Crippen LogP contribution in [0.4, 0.5) is 5.69 Å². The van der Waals surface area contributed by atoms with Gasteiger partial charge in [-0.25, -0.2) is 0 Å². The van der Waals surface area contributed by atoms with Crippen molar-refractivity contribution in [2.45, 2.75) is 6.54 Å². The fourth-order valence-electron chi connectivity index (χ4n) is 1.55. The topological polar surface area (TPSA) is 42.1 Å². The van der Waals surface area contributed by atoms with Crippen molar-refractivity contribution >= 4 is 50.2 Å². The zero-order chi connectivity index (χ0) is 13.1. The second-order valence-electron chi connectivity index (χ2n) is 3.88. The van der Waals surface area contributed by atoms with Crippen molar-refractivity contribution in [3.8, 4) is 0 Å². The first-order valence-electron chi connectivity index (χ1n) is 5.26. The highest BCUT2D eigenvalue weighted by molar-refractivity contribution is 9.11. The molecular formula is C12H12BrN3S2. The predicted octanol–water partition coefficient (Wildman–Crippen LogP) is 3.18. The number of aromatic nitrogens is 1. The standard InChI is InChI=1S/C12H12BrN3S2/c1-16(6-8-4-11(13)18-7-8)9-2-3-10(12(14)17)15-5-9/h2-5,7H,6H2,1H3,(H2,14,17). The van der Waals surface area contributed by atoms with Crippen LogP contribution in [0.25, 0.3) is 0 Å². The number of thiophene rings is 1. The van der Waals surface area contributed by atoms with Crippen LogP contribution in [0.1, 0.15) is 11.3 Å². The fourth-order valence-corrected chi connectivity index (χ4v) is 2.87. The molecule has 0 aliphatic rings. The van der Waals surface area contributed by atoms with E-state index < -0.39 is 0 Å². The lowest BCUT2D eigenvalue weighted by Crippen LogP contribution is -2.17. The van der Waals surface area contributed by atoms with Crippen molar-refractivity contribution in [1.82, 2.24) is 4.98 Å². The van der Waals surface area contributed by atoms with Crippen LogP contribution in [0.15, 0.2) is 33.6 Å². The van der Waals surface area contributed by atoms with Crippen molar-refractivity contribution in [3.05, 3.63) is 44.8 Å². The molecule has 0 radical (unpaired) electrons. The second-order valence-corrected chi connectivity index (χ2v) is 6.61. The van der Waals surface area contributed by atoms with Gasteiger partial charge in [0.15, 0.2) is 0 Å². The van der Waals surface area contributed by atoms with Crippen molar-refractivity contribution in [2.75, 3.05) is 11.9 Å². The number of hydrogen-bond donors (Lipinski definition) is 1. The summed E-state index contributed by atoms with van der Waals surface area (Å²) in [5.74, 6) is 0. The Balaban J connectivity index is 2.09. The van der Waals surface area contributed by atoms with E-state index in [0.717, 1.165) is 16.0 Å². The van der Waals surface area contributed by atoms with Crippen LogP contribution in [0.2, 0.25) is 0 Å². The lowest BCUT2D eigenvalue weighted by Gasteiger charge is -2.18. The molecule has 0 amide bonds. The molecule has 2 N–H and O–H groups in total. The number of rotatable bonds is 4. The summed E-state index contributed by atoms with van der Waals surface area (Å²) >= 11 is 10.0. The summed E-state index contributed by atoms with van der Waals surface area (Å²) < 4.78 is 1.15. The highest BCUT2D eigenvalue weighted by atomic mass is 79.9. The summed E-state index contributed by atoms with van der Waals surface area (Å²) in [6.07, 6.45) is 1.79. The molecule has 18 heavy (non-hydrogen) atoms. The van der Waals surface area contributed by atoms with Gasteiger partial charge in [0.1, 0.15) is 4.99 Å².